The van der Waals surface area contributed by atoms with E-state index in [9.17, 15) is 8.42 Å². The second-order valence-electron chi connectivity index (χ2n) is 4.96. The fraction of sp³-hybridized carbons (Fsp3) is 0.357. The molecule has 3 heterocycles. The fourth-order valence-electron chi connectivity index (χ4n) is 2.42. The first-order valence-corrected chi connectivity index (χ1v) is 9.04. The average Bonchev–Trinajstić information content (AvgIpc) is 2.96. The molecule has 2 aromatic heterocycles. The summed E-state index contributed by atoms with van der Waals surface area (Å²) in [5.74, 6) is 0. The summed E-state index contributed by atoms with van der Waals surface area (Å²) in [6.07, 6.45) is 3.51. The number of nitrogens with zero attached hydrogens (tertiary/aromatic N) is 3. The molecule has 0 bridgehead atoms. The molecule has 5 nitrogen and oxygen atoms in total. The molecule has 112 valence electrons. The van der Waals surface area contributed by atoms with E-state index in [-0.39, 0.29) is 0 Å². The van der Waals surface area contributed by atoms with Gasteiger partial charge in [0.15, 0.2) is 0 Å². The van der Waals surface area contributed by atoms with Crippen LogP contribution in [0.2, 0.25) is 0 Å². The quantitative estimate of drug-likeness (QED) is 0.866. The lowest BCUT2D eigenvalue weighted by Gasteiger charge is -2.35. The van der Waals surface area contributed by atoms with Crippen molar-refractivity contribution < 1.29 is 8.42 Å². The van der Waals surface area contributed by atoms with Gasteiger partial charge in [-0.15, -0.1) is 11.3 Å². The number of piperazine rings is 1. The van der Waals surface area contributed by atoms with E-state index in [1.807, 2.05) is 25.1 Å². The Bertz CT molecular complexity index is 705. The van der Waals surface area contributed by atoms with Gasteiger partial charge in [0.1, 0.15) is 4.21 Å². The van der Waals surface area contributed by atoms with E-state index >= 15 is 0 Å². The summed E-state index contributed by atoms with van der Waals surface area (Å²) in [4.78, 5) is 7.21. The van der Waals surface area contributed by atoms with E-state index in [1.165, 1.54) is 11.3 Å². The van der Waals surface area contributed by atoms with Crippen molar-refractivity contribution in [3.05, 3.63) is 41.5 Å². The van der Waals surface area contributed by atoms with E-state index in [0.717, 1.165) is 10.6 Å². The Morgan fingerprint density at radius 3 is 2.29 bits per heavy atom. The maximum absolute atomic E-state index is 12.6. The van der Waals surface area contributed by atoms with Crippen LogP contribution < -0.4 is 4.90 Å². The molecule has 0 aliphatic carbocycles. The predicted molar refractivity (Wildman–Crippen MR) is 84.3 cm³/mol. The van der Waals surface area contributed by atoms with Gasteiger partial charge < -0.3 is 4.90 Å². The molecular formula is C14H17N3O2S2. The summed E-state index contributed by atoms with van der Waals surface area (Å²) >= 11 is 1.33. The zero-order chi connectivity index (χ0) is 14.9. The van der Waals surface area contributed by atoms with Gasteiger partial charge in [-0.1, -0.05) is 0 Å². The molecule has 0 radical (unpaired) electrons. The highest BCUT2D eigenvalue weighted by Gasteiger charge is 2.29. The molecule has 2 aromatic rings. The van der Waals surface area contributed by atoms with Crippen LogP contribution in [-0.2, 0) is 10.0 Å². The molecule has 0 aromatic carbocycles. The van der Waals surface area contributed by atoms with Crippen LogP contribution >= 0.6 is 11.3 Å². The fourth-order valence-corrected chi connectivity index (χ4v) is 5.28. The van der Waals surface area contributed by atoms with E-state index in [2.05, 4.69) is 9.88 Å². The Kier molecular flexibility index (Phi) is 3.97. The number of anilines is 1. The number of rotatable bonds is 3. The van der Waals surface area contributed by atoms with Crippen molar-refractivity contribution in [1.82, 2.24) is 9.29 Å². The monoisotopic (exact) mass is 323 g/mol. The van der Waals surface area contributed by atoms with E-state index in [0.29, 0.717) is 30.4 Å². The van der Waals surface area contributed by atoms with Crippen molar-refractivity contribution in [1.29, 1.82) is 0 Å². The maximum Gasteiger partial charge on any atom is 0.252 e. The molecule has 1 saturated heterocycles. The molecule has 21 heavy (non-hydrogen) atoms. The van der Waals surface area contributed by atoms with E-state index in [1.54, 1.807) is 22.8 Å². The van der Waals surface area contributed by atoms with Gasteiger partial charge in [0.2, 0.25) is 0 Å². The Morgan fingerprint density at radius 1 is 1.05 bits per heavy atom. The topological polar surface area (TPSA) is 53.5 Å². The summed E-state index contributed by atoms with van der Waals surface area (Å²) in [5, 5.41) is 0. The van der Waals surface area contributed by atoms with Gasteiger partial charge in [0.25, 0.3) is 10.0 Å². The number of aromatic nitrogens is 1. The summed E-state index contributed by atoms with van der Waals surface area (Å²) in [7, 11) is -3.33. The molecule has 1 aliphatic heterocycles. The number of hydrogen-bond acceptors (Lipinski definition) is 5. The van der Waals surface area contributed by atoms with Crippen LogP contribution in [0, 0.1) is 6.92 Å². The largest absolute Gasteiger partial charge is 0.369 e. The molecule has 0 spiro atoms. The van der Waals surface area contributed by atoms with Crippen LogP contribution in [-0.4, -0.2) is 43.9 Å². The number of thiophene rings is 1. The Labute approximate surface area is 128 Å². The number of aryl methyl sites for hydroxylation is 1. The van der Waals surface area contributed by atoms with Crippen molar-refractivity contribution in [2.24, 2.45) is 0 Å². The number of sulfonamides is 1. The van der Waals surface area contributed by atoms with Gasteiger partial charge in [-0.05, 0) is 31.2 Å². The molecule has 3 rings (SSSR count). The van der Waals surface area contributed by atoms with Crippen molar-refractivity contribution in [3.8, 4) is 0 Å². The van der Waals surface area contributed by atoms with Gasteiger partial charge in [0, 0.05) is 49.1 Å². The molecule has 1 fully saturated rings. The Morgan fingerprint density at radius 2 is 1.71 bits per heavy atom. The van der Waals surface area contributed by atoms with Crippen LogP contribution in [0.3, 0.4) is 0 Å². The molecule has 0 saturated carbocycles. The highest BCUT2D eigenvalue weighted by atomic mass is 32.2. The Hall–Kier alpha value is -1.44. The van der Waals surface area contributed by atoms with E-state index < -0.39 is 10.0 Å². The molecule has 0 N–H and O–H groups in total. The van der Waals surface area contributed by atoms with Crippen molar-refractivity contribution in [2.75, 3.05) is 31.1 Å². The zero-order valence-electron chi connectivity index (χ0n) is 11.8. The molecule has 7 heteroatoms. The SMILES string of the molecule is Cc1ccc(S(=O)(=O)N2CCN(c3ccncc3)CC2)s1. The summed E-state index contributed by atoms with van der Waals surface area (Å²) in [5.41, 5.74) is 1.09. The van der Waals surface area contributed by atoms with Crippen molar-refractivity contribution in [2.45, 2.75) is 11.1 Å². The molecule has 0 atom stereocenters. The average molecular weight is 323 g/mol. The second kappa shape index (κ2) is 5.75. The third-order valence-corrected chi connectivity index (χ3v) is 6.94. The minimum Gasteiger partial charge on any atom is -0.369 e. The lowest BCUT2D eigenvalue weighted by atomic mass is 10.3. The van der Waals surface area contributed by atoms with Gasteiger partial charge in [-0.25, -0.2) is 8.42 Å². The minimum absolute atomic E-state index is 0.442. The van der Waals surface area contributed by atoms with Crippen molar-refractivity contribution >= 4 is 27.0 Å². The van der Waals surface area contributed by atoms with E-state index in [4.69, 9.17) is 0 Å². The molecule has 0 unspecified atom stereocenters. The summed E-state index contributed by atoms with van der Waals surface area (Å²) in [6.45, 7) is 4.36. The van der Waals surface area contributed by atoms with Crippen LogP contribution in [0.15, 0.2) is 40.9 Å². The lowest BCUT2D eigenvalue weighted by Crippen LogP contribution is -2.48. The normalized spacial score (nSPS) is 17.1. The Balaban J connectivity index is 1.71. The maximum atomic E-state index is 12.6. The van der Waals surface area contributed by atoms with Gasteiger partial charge in [-0.3, -0.25) is 4.98 Å². The summed E-state index contributed by atoms with van der Waals surface area (Å²) in [6, 6.07) is 7.45. The van der Waals surface area contributed by atoms with Gasteiger partial charge in [-0.2, -0.15) is 4.31 Å². The van der Waals surface area contributed by atoms with Gasteiger partial charge in [0.05, 0.1) is 0 Å². The summed E-state index contributed by atoms with van der Waals surface area (Å²) < 4.78 is 27.1. The zero-order valence-corrected chi connectivity index (χ0v) is 13.4. The van der Waals surface area contributed by atoms with Crippen LogP contribution in [0.4, 0.5) is 5.69 Å². The second-order valence-corrected chi connectivity index (χ2v) is 8.41. The third-order valence-electron chi connectivity index (χ3n) is 3.58. The third kappa shape index (κ3) is 2.95. The highest BCUT2D eigenvalue weighted by molar-refractivity contribution is 7.91. The van der Waals surface area contributed by atoms with Gasteiger partial charge >= 0.3 is 0 Å². The van der Waals surface area contributed by atoms with Crippen LogP contribution in [0.5, 0.6) is 0 Å². The standard InChI is InChI=1S/C14H17N3O2S2/c1-12-2-3-14(20-12)21(18,19)17-10-8-16(9-11-17)13-4-6-15-7-5-13/h2-7H,8-11H2,1H3. The molecule has 0 amide bonds. The molecular weight excluding hydrogens is 306 g/mol. The molecule has 1 aliphatic rings. The number of pyridine rings is 1. The predicted octanol–water partition coefficient (Wildman–Crippen LogP) is 1.96. The first-order chi connectivity index (χ1) is 10.1. The lowest BCUT2D eigenvalue weighted by molar-refractivity contribution is 0.386. The minimum atomic E-state index is -3.33. The van der Waals surface area contributed by atoms with Crippen LogP contribution in [0.1, 0.15) is 4.88 Å². The first-order valence-electron chi connectivity index (χ1n) is 6.79. The van der Waals surface area contributed by atoms with Crippen molar-refractivity contribution in [3.63, 3.8) is 0 Å². The first kappa shape index (κ1) is 14.5. The smallest absolute Gasteiger partial charge is 0.252 e. The highest BCUT2D eigenvalue weighted by Crippen LogP contribution is 2.26. The number of hydrogen-bond donors (Lipinski definition) is 0. The van der Waals surface area contributed by atoms with Crippen LogP contribution in [0.25, 0.3) is 0 Å².